The Kier molecular flexibility index (Phi) is 5.43. The molecule has 6 heteroatoms. The molecule has 2 aromatic carbocycles. The minimum Gasteiger partial charge on any atom is -0.544 e. The van der Waals surface area contributed by atoms with Gasteiger partial charge in [0.25, 0.3) is 0 Å². The molecule has 26 heavy (non-hydrogen) atoms. The van der Waals surface area contributed by atoms with Crippen LogP contribution >= 0.6 is 11.3 Å². The van der Waals surface area contributed by atoms with E-state index in [-0.39, 0.29) is 23.7 Å². The molecule has 0 fully saturated rings. The van der Waals surface area contributed by atoms with Gasteiger partial charge in [0.1, 0.15) is 0 Å². The van der Waals surface area contributed by atoms with Crippen LogP contribution in [0.2, 0.25) is 0 Å². The van der Waals surface area contributed by atoms with Crippen LogP contribution in [-0.2, 0) is 0 Å². The Morgan fingerprint density at radius 2 is 1.65 bits per heavy atom. The summed E-state index contributed by atoms with van der Waals surface area (Å²) in [5, 5.41) is 15.2. The third-order valence-corrected chi connectivity index (χ3v) is 4.97. The molecular formula is C20H13LiN2O2S. The summed E-state index contributed by atoms with van der Waals surface area (Å²) >= 11 is 1.17. The summed E-state index contributed by atoms with van der Waals surface area (Å²) in [7, 11) is 0. The zero-order chi connectivity index (χ0) is 17.2. The van der Waals surface area contributed by atoms with Crippen LogP contribution in [0.15, 0.2) is 73.1 Å². The van der Waals surface area contributed by atoms with Gasteiger partial charge < -0.3 is 15.2 Å². The average Bonchev–Trinajstić information content (AvgIpc) is 3.09. The van der Waals surface area contributed by atoms with Crippen LogP contribution < -0.4 is 29.3 Å². The van der Waals surface area contributed by atoms with E-state index >= 15 is 0 Å². The summed E-state index contributed by atoms with van der Waals surface area (Å²) in [6.45, 7) is 0. The number of aromatic nitrogens is 1. The molecular weight excluding hydrogens is 339 g/mol. The average molecular weight is 352 g/mol. The van der Waals surface area contributed by atoms with Gasteiger partial charge in [0.05, 0.1) is 27.4 Å². The van der Waals surface area contributed by atoms with Crippen LogP contribution in [0.3, 0.4) is 0 Å². The van der Waals surface area contributed by atoms with E-state index in [0.29, 0.717) is 0 Å². The number of fused-ring (bicyclic) bond motifs is 1. The Balaban J connectivity index is 0.00000196. The van der Waals surface area contributed by atoms with Gasteiger partial charge in [-0.3, -0.25) is 4.98 Å². The van der Waals surface area contributed by atoms with Crippen LogP contribution in [0.5, 0.6) is 0 Å². The number of hydrogen-bond donors (Lipinski definition) is 1. The monoisotopic (exact) mass is 352 g/mol. The number of anilines is 2. The third kappa shape index (κ3) is 3.66. The van der Waals surface area contributed by atoms with Gasteiger partial charge in [0.2, 0.25) is 0 Å². The molecule has 4 aromatic rings. The maximum Gasteiger partial charge on any atom is 1.00 e. The van der Waals surface area contributed by atoms with Crippen LogP contribution in [0.1, 0.15) is 9.67 Å². The first kappa shape index (κ1) is 18.2. The van der Waals surface area contributed by atoms with Crippen LogP contribution in [0.4, 0.5) is 11.4 Å². The molecule has 0 aliphatic heterocycles. The minimum absolute atomic E-state index is 0. The first-order valence-electron chi connectivity index (χ1n) is 7.72. The van der Waals surface area contributed by atoms with Gasteiger partial charge >= 0.3 is 18.9 Å². The fourth-order valence-corrected chi connectivity index (χ4v) is 3.58. The number of carbonyl (C=O) groups excluding carboxylic acids is 1. The molecule has 0 amide bonds. The molecule has 0 spiro atoms. The van der Waals surface area contributed by atoms with E-state index in [0.717, 1.165) is 32.6 Å². The molecule has 0 aliphatic carbocycles. The van der Waals surface area contributed by atoms with Gasteiger partial charge in [-0.1, -0.05) is 42.5 Å². The second kappa shape index (κ2) is 7.75. The van der Waals surface area contributed by atoms with Crippen molar-refractivity contribution in [1.29, 1.82) is 0 Å². The molecule has 0 bridgehead atoms. The van der Waals surface area contributed by atoms with Crippen molar-refractivity contribution in [3.8, 4) is 11.1 Å². The smallest absolute Gasteiger partial charge is 0.544 e. The first-order valence-corrected chi connectivity index (χ1v) is 8.54. The first-order chi connectivity index (χ1) is 12.2. The van der Waals surface area contributed by atoms with E-state index in [1.54, 1.807) is 18.5 Å². The number of carboxylic acid groups (broad SMARTS) is 1. The quantitative estimate of drug-likeness (QED) is 0.558. The number of thiophene rings is 1. The molecule has 2 aromatic heterocycles. The Morgan fingerprint density at radius 1 is 0.962 bits per heavy atom. The Bertz CT molecular complexity index is 1050. The topological polar surface area (TPSA) is 65.0 Å². The zero-order valence-corrected chi connectivity index (χ0v) is 14.9. The number of rotatable bonds is 4. The second-order valence-corrected chi connectivity index (χ2v) is 6.65. The maximum absolute atomic E-state index is 11.1. The predicted octanol–water partition coefficient (Wildman–Crippen LogP) is 1.07. The van der Waals surface area contributed by atoms with Crippen molar-refractivity contribution >= 4 is 38.8 Å². The minimum atomic E-state index is -1.17. The van der Waals surface area contributed by atoms with Crippen molar-refractivity contribution < 1.29 is 28.8 Å². The van der Waals surface area contributed by atoms with Gasteiger partial charge in [-0.15, -0.1) is 11.3 Å². The normalized spacial score (nSPS) is 10.3. The fourth-order valence-electron chi connectivity index (χ4n) is 2.69. The Hall–Kier alpha value is -2.58. The van der Waals surface area contributed by atoms with E-state index < -0.39 is 5.97 Å². The molecule has 0 atom stereocenters. The Labute approximate surface area is 166 Å². The summed E-state index contributed by atoms with van der Waals surface area (Å²) in [5.74, 6) is -1.17. The number of aromatic carboxylic acids is 1. The number of carbonyl (C=O) groups is 1. The van der Waals surface area contributed by atoms with Crippen molar-refractivity contribution in [1.82, 2.24) is 4.98 Å². The largest absolute Gasteiger partial charge is 1.00 e. The number of carboxylic acids is 1. The molecule has 4 rings (SSSR count). The summed E-state index contributed by atoms with van der Waals surface area (Å²) in [4.78, 5) is 15.5. The van der Waals surface area contributed by atoms with Gasteiger partial charge in [-0.05, 0) is 29.3 Å². The molecule has 122 valence electrons. The summed E-state index contributed by atoms with van der Waals surface area (Å²) < 4.78 is 0.810. The number of hydrogen-bond acceptors (Lipinski definition) is 5. The third-order valence-electron chi connectivity index (χ3n) is 3.92. The van der Waals surface area contributed by atoms with E-state index in [4.69, 9.17) is 0 Å². The molecule has 4 nitrogen and oxygen atoms in total. The number of benzene rings is 2. The van der Waals surface area contributed by atoms with Crippen molar-refractivity contribution in [2.75, 3.05) is 5.32 Å². The van der Waals surface area contributed by atoms with Crippen molar-refractivity contribution in [3.05, 3.63) is 77.9 Å². The SMILES string of the molecule is O=C([O-])c1cc2c(Nc3ccc(-c4ccccc4)cc3)cncc2s1.[Li+]. The van der Waals surface area contributed by atoms with Gasteiger partial charge in [0, 0.05) is 17.3 Å². The summed E-state index contributed by atoms with van der Waals surface area (Å²) in [5.41, 5.74) is 3.98. The fraction of sp³-hybridized carbons (Fsp3) is 0. The molecule has 2 heterocycles. The molecule has 0 radical (unpaired) electrons. The maximum atomic E-state index is 11.1. The Morgan fingerprint density at radius 3 is 2.35 bits per heavy atom. The van der Waals surface area contributed by atoms with Gasteiger partial charge in [-0.2, -0.15) is 0 Å². The molecule has 0 saturated carbocycles. The predicted molar refractivity (Wildman–Crippen MR) is 99.1 cm³/mol. The molecule has 0 aliphatic rings. The van der Waals surface area contributed by atoms with E-state index in [9.17, 15) is 9.90 Å². The van der Waals surface area contributed by atoms with Crippen molar-refractivity contribution in [2.45, 2.75) is 0 Å². The van der Waals surface area contributed by atoms with E-state index in [2.05, 4.69) is 22.4 Å². The number of nitrogens with zero attached hydrogens (tertiary/aromatic N) is 1. The van der Waals surface area contributed by atoms with Crippen LogP contribution in [0.25, 0.3) is 21.2 Å². The zero-order valence-electron chi connectivity index (χ0n) is 14.1. The standard InChI is InChI=1S/C20H14N2O2S.Li/c23-20(24)18-10-16-17(11-21-12-19(16)25-18)22-15-8-6-14(7-9-15)13-4-2-1-3-5-13;/h1-12,22H,(H,23,24);/q;+1/p-1. The van der Waals surface area contributed by atoms with Crippen LogP contribution in [0, 0.1) is 0 Å². The second-order valence-electron chi connectivity index (χ2n) is 5.57. The van der Waals surface area contributed by atoms with Crippen molar-refractivity contribution in [3.63, 3.8) is 0 Å². The van der Waals surface area contributed by atoms with Crippen LogP contribution in [-0.4, -0.2) is 11.0 Å². The summed E-state index contributed by atoms with van der Waals surface area (Å²) in [6.07, 6.45) is 3.36. The van der Waals surface area contributed by atoms with E-state index in [1.165, 1.54) is 11.3 Å². The van der Waals surface area contributed by atoms with Gasteiger partial charge in [0.15, 0.2) is 0 Å². The van der Waals surface area contributed by atoms with Gasteiger partial charge in [-0.25, -0.2) is 0 Å². The molecule has 0 saturated heterocycles. The van der Waals surface area contributed by atoms with E-state index in [1.807, 2.05) is 42.5 Å². The number of pyridine rings is 1. The number of nitrogens with one attached hydrogen (secondary N) is 1. The molecule has 0 unspecified atom stereocenters. The summed E-state index contributed by atoms with van der Waals surface area (Å²) in [6, 6.07) is 19.9. The molecule has 1 N–H and O–H groups in total. The van der Waals surface area contributed by atoms with Crippen molar-refractivity contribution in [2.24, 2.45) is 0 Å².